The summed E-state index contributed by atoms with van der Waals surface area (Å²) in [4.78, 5) is 2.28. The second-order valence-corrected chi connectivity index (χ2v) is 29.7. The van der Waals surface area contributed by atoms with Gasteiger partial charge in [-0.1, -0.05) is 370 Å². The molecule has 0 bridgehead atoms. The zero-order chi connectivity index (χ0) is 78.3. The molecule has 0 spiro atoms. The minimum absolute atomic E-state index is 1.15. The van der Waals surface area contributed by atoms with Crippen LogP contribution in [0.15, 0.2) is 449 Å². The van der Waals surface area contributed by atoms with E-state index in [1.165, 1.54) is 182 Å². The van der Waals surface area contributed by atoms with Gasteiger partial charge in [-0.25, -0.2) is 0 Å². The molecule has 0 N–H and O–H groups in total. The Hall–Kier alpha value is -14.8. The molecule has 0 saturated carbocycles. The Kier molecular flexibility index (Phi) is 20.6. The van der Waals surface area contributed by atoms with Gasteiger partial charge in [0, 0.05) is 111 Å². The molecule has 21 rings (SSSR count). The highest BCUT2D eigenvalue weighted by Gasteiger charge is 2.18. The van der Waals surface area contributed by atoms with Crippen LogP contribution in [-0.4, -0.2) is 20.7 Å². The maximum Gasteiger partial charge on any atom is 0.0489 e. The second-order valence-electron chi connectivity index (χ2n) is 29.7. The van der Waals surface area contributed by atoms with Crippen LogP contribution in [0.5, 0.6) is 0 Å². The Morgan fingerprint density at radius 3 is 0.681 bits per heavy atom. The van der Waals surface area contributed by atoms with E-state index in [2.05, 4.69) is 496 Å². The van der Waals surface area contributed by atoms with Crippen LogP contribution >= 0.6 is 0 Å². The van der Waals surface area contributed by atoms with Gasteiger partial charge in [-0.15, -0.1) is 0 Å². The molecule has 21 aromatic rings. The van der Waals surface area contributed by atoms with Crippen molar-refractivity contribution in [3.05, 3.63) is 449 Å². The van der Waals surface area contributed by atoms with Gasteiger partial charge in [0.15, 0.2) is 0 Å². The number of nitrogens with zero attached hydrogens (tertiary/aromatic N) is 4. The summed E-state index contributed by atoms with van der Waals surface area (Å²) in [6.07, 6.45) is 0. The first-order valence-corrected chi connectivity index (χ1v) is 39.8. The summed E-state index contributed by atoms with van der Waals surface area (Å²) in [6.45, 7) is 0. The fourth-order valence-electron chi connectivity index (χ4n) is 16.6. The summed E-state index contributed by atoms with van der Waals surface area (Å²) < 4.78 is 6.83. The van der Waals surface area contributed by atoms with E-state index in [1.807, 2.05) is 0 Å². The Morgan fingerprint density at radius 1 is 0.155 bits per heavy atom. The number of fused-ring (bicyclic) bond motifs is 9. The fourth-order valence-corrected chi connectivity index (χ4v) is 16.6. The standard InChI is InChI=1S/C37H27N.C37H29N.C25H19N.C13H11N/c1-38-36-22-20-32(30-16-12-28(13-17-30)26-8-4-2-5-9-26)24-34(36)35-25-33(21-23-37(35)38)31-18-14-29(15-19-31)27-10-6-3-7-11-27;1-38(33-26-24-31(25-27-33)30-22-20-29(21-23-30)28-12-4-2-5-13-28)37-19-11-10-18-36(37)35-17-9-8-16-34(35)32-14-6-3-7-15-32;1-26-24-14-12-20(18-8-4-2-5-9-18)16-22(24)23-17-21(13-15-25(23)26)19-10-6-3-7-11-19;1-14-12-8-4-2-6-10(12)11-7-3-5-9-13(11)14/h2-25H,1H3;2-27H,1H3;2-17H,1H3;2-9H,1H3. The molecule has 0 radical (unpaired) electrons. The van der Waals surface area contributed by atoms with Crippen molar-refractivity contribution < 1.29 is 0 Å². The van der Waals surface area contributed by atoms with Crippen molar-refractivity contribution >= 4 is 76.8 Å². The first-order chi connectivity index (χ1) is 57.2. The minimum atomic E-state index is 1.15. The van der Waals surface area contributed by atoms with Gasteiger partial charge < -0.3 is 18.6 Å². The first-order valence-electron chi connectivity index (χ1n) is 39.8. The number of para-hydroxylation sites is 3. The smallest absolute Gasteiger partial charge is 0.0489 e. The van der Waals surface area contributed by atoms with Gasteiger partial charge in [-0.3, -0.25) is 0 Å². The van der Waals surface area contributed by atoms with E-state index >= 15 is 0 Å². The largest absolute Gasteiger partial charge is 0.344 e. The van der Waals surface area contributed by atoms with E-state index < -0.39 is 0 Å². The van der Waals surface area contributed by atoms with Crippen LogP contribution in [0.25, 0.3) is 177 Å². The molecule has 0 aliphatic carbocycles. The molecule has 4 nitrogen and oxygen atoms in total. The lowest BCUT2D eigenvalue weighted by atomic mass is 9.93. The third-order valence-corrected chi connectivity index (χ3v) is 22.8. The summed E-state index contributed by atoms with van der Waals surface area (Å²) >= 11 is 0. The second kappa shape index (κ2) is 32.8. The summed E-state index contributed by atoms with van der Waals surface area (Å²) in [7, 11) is 8.57. The Bertz CT molecular complexity index is 6680. The van der Waals surface area contributed by atoms with E-state index in [-0.39, 0.29) is 0 Å². The monoisotopic (exact) mass is 1490 g/mol. The highest BCUT2D eigenvalue weighted by Crippen LogP contribution is 2.42. The lowest BCUT2D eigenvalue weighted by Gasteiger charge is -2.24. The Morgan fingerprint density at radius 2 is 0.362 bits per heavy atom. The van der Waals surface area contributed by atoms with E-state index in [1.54, 1.807) is 0 Å². The molecular weight excluding hydrogens is 1400 g/mol. The molecule has 3 heterocycles. The predicted octanol–water partition coefficient (Wildman–Crippen LogP) is 30.1. The van der Waals surface area contributed by atoms with Crippen molar-refractivity contribution in [3.8, 4) is 111 Å². The molecule has 0 aliphatic rings. The average molecular weight is 1490 g/mol. The predicted molar refractivity (Wildman–Crippen MR) is 497 cm³/mol. The number of aryl methyl sites for hydroxylation is 3. The van der Waals surface area contributed by atoms with E-state index in [0.717, 1.165) is 5.69 Å². The van der Waals surface area contributed by atoms with Crippen LogP contribution in [0.1, 0.15) is 0 Å². The zero-order valence-electron chi connectivity index (χ0n) is 65.5. The van der Waals surface area contributed by atoms with Crippen molar-refractivity contribution in [2.75, 3.05) is 11.9 Å². The van der Waals surface area contributed by atoms with Crippen LogP contribution in [0.2, 0.25) is 0 Å². The average Bonchev–Trinajstić information content (AvgIpc) is 1.60. The maximum atomic E-state index is 2.34. The number of aromatic nitrogens is 3. The molecule has 0 aliphatic heterocycles. The number of hydrogen-bond acceptors (Lipinski definition) is 1. The molecule has 0 fully saturated rings. The number of rotatable bonds is 12. The summed E-state index contributed by atoms with van der Waals surface area (Å²) in [6, 6.07) is 160. The third kappa shape index (κ3) is 14.9. The molecule has 0 amide bonds. The van der Waals surface area contributed by atoms with E-state index in [9.17, 15) is 0 Å². The molecular formula is C112H86N4. The first kappa shape index (κ1) is 72.7. The van der Waals surface area contributed by atoms with Crippen LogP contribution < -0.4 is 4.90 Å². The number of anilines is 2. The lowest BCUT2D eigenvalue weighted by Crippen LogP contribution is -2.10. The Labute approximate surface area is 679 Å². The van der Waals surface area contributed by atoms with Crippen molar-refractivity contribution in [2.45, 2.75) is 0 Å². The highest BCUT2D eigenvalue weighted by molar-refractivity contribution is 6.12. The van der Waals surface area contributed by atoms with Crippen molar-refractivity contribution in [1.29, 1.82) is 0 Å². The van der Waals surface area contributed by atoms with Crippen LogP contribution in [0, 0.1) is 0 Å². The van der Waals surface area contributed by atoms with Gasteiger partial charge in [0.2, 0.25) is 0 Å². The quantitative estimate of drug-likeness (QED) is 0.119. The lowest BCUT2D eigenvalue weighted by molar-refractivity contribution is 1.01. The van der Waals surface area contributed by atoms with E-state index in [4.69, 9.17) is 0 Å². The van der Waals surface area contributed by atoms with Crippen LogP contribution in [0.4, 0.5) is 11.4 Å². The molecule has 18 aromatic carbocycles. The summed E-state index contributed by atoms with van der Waals surface area (Å²) in [5, 5.41) is 7.87. The van der Waals surface area contributed by atoms with Gasteiger partial charge in [0.05, 0.1) is 0 Å². The van der Waals surface area contributed by atoms with Gasteiger partial charge >= 0.3 is 0 Å². The van der Waals surface area contributed by atoms with Gasteiger partial charge in [0.25, 0.3) is 0 Å². The van der Waals surface area contributed by atoms with E-state index in [0.29, 0.717) is 0 Å². The van der Waals surface area contributed by atoms with Gasteiger partial charge in [-0.2, -0.15) is 0 Å². The van der Waals surface area contributed by atoms with Gasteiger partial charge in [-0.05, 0) is 185 Å². The van der Waals surface area contributed by atoms with Crippen LogP contribution in [0.3, 0.4) is 0 Å². The molecule has 0 saturated heterocycles. The van der Waals surface area contributed by atoms with Crippen molar-refractivity contribution in [2.24, 2.45) is 21.1 Å². The Balaban J connectivity index is 0.000000112. The minimum Gasteiger partial charge on any atom is -0.344 e. The van der Waals surface area contributed by atoms with Crippen molar-refractivity contribution in [1.82, 2.24) is 13.7 Å². The van der Waals surface area contributed by atoms with Crippen LogP contribution in [-0.2, 0) is 21.1 Å². The fraction of sp³-hybridized carbons (Fsp3) is 0.0357. The van der Waals surface area contributed by atoms with Gasteiger partial charge in [0.1, 0.15) is 0 Å². The zero-order valence-corrected chi connectivity index (χ0v) is 65.5. The molecule has 0 unspecified atom stereocenters. The normalized spacial score (nSPS) is 11.1. The highest BCUT2D eigenvalue weighted by atomic mass is 15.1. The molecule has 116 heavy (non-hydrogen) atoms. The number of benzene rings is 18. The molecule has 554 valence electrons. The SMILES string of the molecule is CN(c1ccc(-c2ccc(-c3ccccc3)cc2)cc1)c1ccccc1-c1ccccc1-c1ccccc1.Cn1c2ccc(-c3ccc(-c4ccccc4)cc3)cc2c2cc(-c3ccc(-c4ccccc4)cc3)ccc21.Cn1c2ccc(-c3ccccc3)cc2c2cc(-c3ccccc3)ccc21.Cn1c2ccccc2c2ccccc21. The maximum absolute atomic E-state index is 2.34. The summed E-state index contributed by atoms with van der Waals surface area (Å²) in [5.74, 6) is 0. The summed E-state index contributed by atoms with van der Waals surface area (Å²) in [5.41, 5.74) is 34.7. The number of hydrogen-bond donors (Lipinski definition) is 0. The molecule has 4 heteroatoms. The molecule has 3 aromatic heterocycles. The molecule has 0 atom stereocenters. The van der Waals surface area contributed by atoms with Crippen molar-refractivity contribution in [3.63, 3.8) is 0 Å². The topological polar surface area (TPSA) is 18.0 Å². The third-order valence-electron chi connectivity index (χ3n) is 22.8.